The van der Waals surface area contributed by atoms with Crippen molar-refractivity contribution in [1.82, 2.24) is 0 Å². The Balaban J connectivity index is 2.04. The zero-order chi connectivity index (χ0) is 27.5. The van der Waals surface area contributed by atoms with Crippen LogP contribution in [0.3, 0.4) is 0 Å². The number of hydrazone groups is 1. The van der Waals surface area contributed by atoms with Gasteiger partial charge < -0.3 is 4.57 Å². The van der Waals surface area contributed by atoms with E-state index in [1.807, 2.05) is 0 Å². The second-order valence-electron chi connectivity index (χ2n) is 7.92. The Morgan fingerprint density at radius 3 is 1.47 bits per heavy atom. The van der Waals surface area contributed by atoms with E-state index in [-0.39, 0.29) is 11.3 Å². The molecule has 0 radical (unpaired) electrons. The quantitative estimate of drug-likeness (QED) is 0.121. The van der Waals surface area contributed by atoms with Gasteiger partial charge in [-0.25, -0.2) is 44.5 Å². The lowest BCUT2D eigenvalue weighted by Crippen LogP contribution is -2.39. The van der Waals surface area contributed by atoms with Gasteiger partial charge in [0, 0.05) is 5.56 Å². The van der Waals surface area contributed by atoms with Crippen molar-refractivity contribution < 1.29 is 44.1 Å². The number of benzene rings is 4. The first kappa shape index (κ1) is 25.6. The smallest absolute Gasteiger partial charge is 0.202 e. The summed E-state index contributed by atoms with van der Waals surface area (Å²) >= 11 is 0. The molecule has 4 aromatic carbocycles. The highest BCUT2D eigenvalue weighted by Crippen LogP contribution is 2.56. The second-order valence-corrected chi connectivity index (χ2v) is 10.5. The second kappa shape index (κ2) is 9.05. The number of halogens is 9. The number of rotatable bonds is 3. The molecule has 3 nitrogen and oxygen atoms in total. The highest BCUT2D eigenvalue weighted by Gasteiger charge is 2.51. The molecule has 4 aromatic rings. The van der Waals surface area contributed by atoms with Crippen LogP contribution in [0.15, 0.2) is 65.8 Å². The van der Waals surface area contributed by atoms with Crippen LogP contribution in [0.4, 0.5) is 50.9 Å². The largest absolute Gasteiger partial charge is 0.307 e. The molecule has 0 saturated heterocycles. The first-order valence-corrected chi connectivity index (χ1v) is 12.2. The summed E-state index contributed by atoms with van der Waals surface area (Å²) in [5.74, 6) is -22.4. The monoisotopic (exact) mass is 556 g/mol. The molecule has 0 amide bonds. The van der Waals surface area contributed by atoms with Gasteiger partial charge in [0.05, 0.1) is 16.3 Å². The van der Waals surface area contributed by atoms with Gasteiger partial charge in [-0.1, -0.05) is 48.5 Å². The van der Waals surface area contributed by atoms with Gasteiger partial charge in [-0.15, -0.1) is 0 Å². The fourth-order valence-corrected chi connectivity index (χ4v) is 7.06. The van der Waals surface area contributed by atoms with Crippen LogP contribution >= 0.6 is 7.14 Å². The lowest BCUT2D eigenvalue weighted by Gasteiger charge is -2.34. The third-order valence-electron chi connectivity index (χ3n) is 5.77. The zero-order valence-corrected chi connectivity index (χ0v) is 19.3. The lowest BCUT2D eigenvalue weighted by molar-refractivity contribution is 0.383. The fraction of sp³-hybridized carbons (Fsp3) is 0. The maximum atomic E-state index is 15.5. The van der Waals surface area contributed by atoms with Crippen molar-refractivity contribution in [2.24, 2.45) is 5.10 Å². The summed E-state index contributed by atoms with van der Waals surface area (Å²) in [7, 11) is -5.82. The molecule has 38 heavy (non-hydrogen) atoms. The van der Waals surface area contributed by atoms with E-state index in [1.54, 1.807) is 0 Å². The zero-order valence-electron chi connectivity index (χ0n) is 18.4. The molecule has 5 rings (SSSR count). The van der Waals surface area contributed by atoms with Crippen molar-refractivity contribution in [3.63, 3.8) is 0 Å². The summed E-state index contributed by atoms with van der Waals surface area (Å²) in [6.45, 7) is 0. The molecule has 0 aromatic heterocycles. The summed E-state index contributed by atoms with van der Waals surface area (Å²) in [5.41, 5.74) is -2.77. The summed E-state index contributed by atoms with van der Waals surface area (Å²) in [6.07, 6.45) is 0. The maximum absolute atomic E-state index is 15.5. The predicted molar refractivity (Wildman–Crippen MR) is 121 cm³/mol. The predicted octanol–water partition coefficient (Wildman–Crippen LogP) is 6.77. The Bertz CT molecular complexity index is 1670. The van der Waals surface area contributed by atoms with Gasteiger partial charge in [0.1, 0.15) is 11.1 Å². The van der Waals surface area contributed by atoms with Crippen molar-refractivity contribution in [3.8, 4) is 0 Å². The molecule has 1 atom stereocenters. The minimum Gasteiger partial charge on any atom is -0.307 e. The van der Waals surface area contributed by atoms with Gasteiger partial charge in [0.15, 0.2) is 46.5 Å². The van der Waals surface area contributed by atoms with E-state index in [1.165, 1.54) is 48.5 Å². The number of hydrogen-bond acceptors (Lipinski definition) is 3. The standard InChI is InChI=1S/C25H10F9N2OP/c26-13-15(28)19(32)23(20(33)16(13)29)38(37)24-21(34)17(30)14(27)18(31)22(24)36(12-9-5-2-6-10-12)35-25(38)11-7-3-1-4-8-11/h1-10H/t38-/m0/s1. The number of fused-ring (bicyclic) bond motifs is 1. The molecule has 0 aliphatic carbocycles. The molecule has 194 valence electrons. The van der Waals surface area contributed by atoms with Gasteiger partial charge in [-0.3, -0.25) is 0 Å². The van der Waals surface area contributed by atoms with E-state index >= 15 is 17.6 Å². The van der Waals surface area contributed by atoms with Crippen molar-refractivity contribution >= 4 is 34.6 Å². The summed E-state index contributed by atoms with van der Waals surface area (Å²) < 4.78 is 147. The highest BCUT2D eigenvalue weighted by atomic mass is 31.2. The summed E-state index contributed by atoms with van der Waals surface area (Å²) in [5, 5.41) is 0.704. The molecule has 0 unspecified atom stereocenters. The number of para-hydroxylation sites is 1. The van der Waals surface area contributed by atoms with Crippen molar-refractivity contribution in [2.45, 2.75) is 0 Å². The molecular weight excluding hydrogens is 546 g/mol. The minimum atomic E-state index is -5.82. The normalized spacial score (nSPS) is 16.9. The van der Waals surface area contributed by atoms with Crippen LogP contribution in [0.5, 0.6) is 0 Å². The van der Waals surface area contributed by atoms with E-state index in [9.17, 15) is 26.5 Å². The molecule has 0 fully saturated rings. The third kappa shape index (κ3) is 3.47. The van der Waals surface area contributed by atoms with Crippen LogP contribution in [-0.2, 0) is 4.57 Å². The molecule has 0 saturated carbocycles. The Morgan fingerprint density at radius 1 is 0.526 bits per heavy atom. The molecule has 1 aliphatic heterocycles. The molecule has 0 spiro atoms. The first-order chi connectivity index (χ1) is 18.0. The molecular formula is C25H10F9N2OP. The molecule has 1 heterocycles. The van der Waals surface area contributed by atoms with Gasteiger partial charge in [0.25, 0.3) is 0 Å². The average Bonchev–Trinajstić information content (AvgIpc) is 2.93. The van der Waals surface area contributed by atoms with E-state index in [0.717, 1.165) is 12.1 Å². The molecule has 1 aliphatic rings. The van der Waals surface area contributed by atoms with Gasteiger partial charge in [-0.2, -0.15) is 5.10 Å². The highest BCUT2D eigenvalue weighted by molar-refractivity contribution is 7.94. The number of nitrogens with zero attached hydrogens (tertiary/aromatic N) is 2. The van der Waals surface area contributed by atoms with E-state index < -0.39 is 81.2 Å². The van der Waals surface area contributed by atoms with Gasteiger partial charge >= 0.3 is 0 Å². The Kier molecular flexibility index (Phi) is 6.10. The van der Waals surface area contributed by atoms with Crippen LogP contribution in [0, 0.1) is 52.4 Å². The van der Waals surface area contributed by atoms with Crippen LogP contribution in [0.2, 0.25) is 0 Å². The molecule has 0 N–H and O–H groups in total. The van der Waals surface area contributed by atoms with E-state index in [2.05, 4.69) is 5.10 Å². The van der Waals surface area contributed by atoms with Gasteiger partial charge in [-0.05, 0) is 12.1 Å². The molecule has 13 heteroatoms. The first-order valence-electron chi connectivity index (χ1n) is 10.5. The van der Waals surface area contributed by atoms with Crippen LogP contribution < -0.4 is 15.6 Å². The SMILES string of the molecule is O=[P@]1(c2c(F)c(F)c(F)c(F)c2F)C(c2ccccc2)=NN(c2ccccc2)c2c(F)c(F)c(F)c(F)c21. The van der Waals surface area contributed by atoms with Crippen LogP contribution in [-0.4, -0.2) is 5.45 Å². The average molecular weight is 556 g/mol. The minimum absolute atomic E-state index is 0.129. The van der Waals surface area contributed by atoms with Crippen molar-refractivity contribution in [1.29, 1.82) is 0 Å². The topological polar surface area (TPSA) is 32.7 Å². The third-order valence-corrected chi connectivity index (χ3v) is 8.78. The number of hydrogen-bond donors (Lipinski definition) is 0. The molecule has 0 bridgehead atoms. The van der Waals surface area contributed by atoms with E-state index in [4.69, 9.17) is 0 Å². The Labute approximate surface area is 207 Å². The maximum Gasteiger partial charge on any atom is 0.202 e. The van der Waals surface area contributed by atoms with Crippen molar-refractivity contribution in [3.05, 3.63) is 119 Å². The Morgan fingerprint density at radius 2 is 0.947 bits per heavy atom. The summed E-state index contributed by atoms with van der Waals surface area (Å²) in [6, 6.07) is 13.1. The Hall–Kier alpha value is -4.05. The number of anilines is 2. The van der Waals surface area contributed by atoms with Crippen molar-refractivity contribution in [2.75, 3.05) is 5.01 Å². The van der Waals surface area contributed by atoms with Gasteiger partial charge in [0.2, 0.25) is 13.0 Å². The van der Waals surface area contributed by atoms with E-state index in [0.29, 0.717) is 5.01 Å². The van der Waals surface area contributed by atoms with Crippen LogP contribution in [0.25, 0.3) is 0 Å². The van der Waals surface area contributed by atoms with Crippen LogP contribution in [0.1, 0.15) is 5.56 Å². The fourth-order valence-electron chi connectivity index (χ4n) is 4.07. The lowest BCUT2D eigenvalue weighted by atomic mass is 10.2. The summed E-state index contributed by atoms with van der Waals surface area (Å²) in [4.78, 5) is 0.